The van der Waals surface area contributed by atoms with Gasteiger partial charge in [0.2, 0.25) is 0 Å². The van der Waals surface area contributed by atoms with Gasteiger partial charge >= 0.3 is 17.8 Å². The van der Waals surface area contributed by atoms with Gasteiger partial charge in [-0.1, -0.05) is 36.4 Å². The summed E-state index contributed by atoms with van der Waals surface area (Å²) in [6.45, 7) is 3.72. The van der Waals surface area contributed by atoms with Crippen molar-refractivity contribution in [1.29, 1.82) is 0 Å². The minimum atomic E-state index is -5.71. The highest BCUT2D eigenvalue weighted by atomic mass is 32.1. The van der Waals surface area contributed by atoms with Crippen LogP contribution in [0.25, 0.3) is 33.1 Å². The fourth-order valence-electron chi connectivity index (χ4n) is 6.45. The van der Waals surface area contributed by atoms with Crippen LogP contribution in [0.4, 0.5) is 26.3 Å². The summed E-state index contributed by atoms with van der Waals surface area (Å²) in [7, 11) is 0. The van der Waals surface area contributed by atoms with Crippen molar-refractivity contribution >= 4 is 55.8 Å². The van der Waals surface area contributed by atoms with Crippen molar-refractivity contribution in [2.45, 2.75) is 37.0 Å². The van der Waals surface area contributed by atoms with Gasteiger partial charge in [0.1, 0.15) is 22.7 Å². The van der Waals surface area contributed by atoms with E-state index in [0.29, 0.717) is 9.75 Å². The highest BCUT2D eigenvalue weighted by Gasteiger charge is 2.82. The molecule has 6 aromatic rings. The van der Waals surface area contributed by atoms with E-state index in [9.17, 15) is 0 Å². The van der Waals surface area contributed by atoms with Gasteiger partial charge in [-0.05, 0) is 50.2 Å². The predicted molar refractivity (Wildman–Crippen MR) is 151 cm³/mol. The first-order chi connectivity index (χ1) is 19.9. The summed E-state index contributed by atoms with van der Waals surface area (Å²) in [5.41, 5.74) is -5.23. The second-order valence-electron chi connectivity index (χ2n) is 10.6. The number of thiophene rings is 2. The number of aryl methyl sites for hydroxylation is 2. The Morgan fingerprint density at radius 2 is 0.952 bits per heavy atom. The lowest BCUT2D eigenvalue weighted by molar-refractivity contribution is -0.254. The van der Waals surface area contributed by atoms with Crippen molar-refractivity contribution in [1.82, 2.24) is 0 Å². The fraction of sp³-hybridized carbons (Fsp3) is 0.188. The molecule has 0 spiro atoms. The summed E-state index contributed by atoms with van der Waals surface area (Å²) in [5.74, 6) is -16.5. The third kappa shape index (κ3) is 2.82. The third-order valence-corrected chi connectivity index (χ3v) is 10.5. The van der Waals surface area contributed by atoms with Crippen molar-refractivity contribution in [2.24, 2.45) is 0 Å². The van der Waals surface area contributed by atoms with Crippen LogP contribution in [-0.2, 0) is 5.41 Å². The van der Waals surface area contributed by atoms with E-state index in [0.717, 1.165) is 9.75 Å². The van der Waals surface area contributed by atoms with Gasteiger partial charge in [0, 0.05) is 52.6 Å². The Balaban J connectivity index is 1.71. The molecule has 42 heavy (non-hydrogen) atoms. The Morgan fingerprint density at radius 1 is 0.548 bits per heavy atom. The highest BCUT2D eigenvalue weighted by molar-refractivity contribution is 7.14. The summed E-state index contributed by atoms with van der Waals surface area (Å²) < 4.78 is 108. The zero-order chi connectivity index (χ0) is 29.4. The molecule has 8 rings (SSSR count). The molecule has 0 radical (unpaired) electrons. The van der Waals surface area contributed by atoms with Gasteiger partial charge in [-0.15, -0.1) is 22.7 Å². The topological polar surface area (TPSA) is 26.3 Å². The SMILES string of the molecule is Cc1ccc(C2(c3ccc(C)s3)c3oc4ccccc4c3C3=C(c4c2oc2ccccc42)C(F)(F)C(F)(F)C3(F)F)s1. The van der Waals surface area contributed by atoms with E-state index in [2.05, 4.69) is 0 Å². The summed E-state index contributed by atoms with van der Waals surface area (Å²) in [6, 6.07) is 19.4. The minimum absolute atomic E-state index is 0.0357. The van der Waals surface area contributed by atoms with Crippen molar-refractivity contribution in [3.05, 3.63) is 115 Å². The van der Waals surface area contributed by atoms with Gasteiger partial charge in [0.15, 0.2) is 5.41 Å². The molecule has 0 atom stereocenters. The Kier molecular flexibility index (Phi) is 4.93. The largest absolute Gasteiger partial charge is 0.459 e. The van der Waals surface area contributed by atoms with Crippen LogP contribution in [-0.4, -0.2) is 17.8 Å². The summed E-state index contributed by atoms with van der Waals surface area (Å²) in [5, 5.41) is 0.0714. The maximum absolute atomic E-state index is 16.1. The second kappa shape index (κ2) is 7.99. The van der Waals surface area contributed by atoms with E-state index in [1.807, 2.05) is 26.0 Å². The molecule has 0 saturated heterocycles. The lowest BCUT2D eigenvalue weighted by atomic mass is 9.75. The summed E-state index contributed by atoms with van der Waals surface area (Å²) in [6.07, 6.45) is 0. The zero-order valence-corrected chi connectivity index (χ0v) is 23.5. The van der Waals surface area contributed by atoms with E-state index in [1.54, 1.807) is 24.3 Å². The normalized spacial score (nSPS) is 19.6. The maximum Gasteiger partial charge on any atom is 0.380 e. The second-order valence-corrected chi connectivity index (χ2v) is 13.2. The lowest BCUT2D eigenvalue weighted by Gasteiger charge is -2.32. The fourth-order valence-corrected chi connectivity index (χ4v) is 8.65. The van der Waals surface area contributed by atoms with Crippen LogP contribution < -0.4 is 0 Å². The van der Waals surface area contributed by atoms with Gasteiger partial charge in [0.05, 0.1) is 0 Å². The number of benzene rings is 2. The van der Waals surface area contributed by atoms with Crippen LogP contribution >= 0.6 is 22.7 Å². The first-order valence-corrected chi connectivity index (χ1v) is 14.6. The minimum Gasteiger partial charge on any atom is -0.459 e. The van der Waals surface area contributed by atoms with Crippen LogP contribution in [0.5, 0.6) is 0 Å². The van der Waals surface area contributed by atoms with E-state index >= 15 is 26.3 Å². The van der Waals surface area contributed by atoms with Crippen LogP contribution in [0, 0.1) is 13.8 Å². The smallest absolute Gasteiger partial charge is 0.380 e. The van der Waals surface area contributed by atoms with E-state index in [1.165, 1.54) is 59.1 Å². The molecule has 0 unspecified atom stereocenters. The number of hydrogen-bond acceptors (Lipinski definition) is 4. The number of furan rings is 2. The number of hydrogen-bond donors (Lipinski definition) is 0. The summed E-state index contributed by atoms with van der Waals surface area (Å²) >= 11 is 2.65. The quantitative estimate of drug-likeness (QED) is 0.182. The van der Waals surface area contributed by atoms with Crippen molar-refractivity contribution in [3.8, 4) is 0 Å². The number of halogens is 6. The van der Waals surface area contributed by atoms with Gasteiger partial charge in [-0.25, -0.2) is 0 Å². The van der Waals surface area contributed by atoms with Crippen molar-refractivity contribution in [2.75, 3.05) is 0 Å². The van der Waals surface area contributed by atoms with Gasteiger partial charge in [-0.2, -0.15) is 26.3 Å². The van der Waals surface area contributed by atoms with Crippen LogP contribution in [0.2, 0.25) is 0 Å². The molecule has 0 amide bonds. The van der Waals surface area contributed by atoms with E-state index < -0.39 is 45.5 Å². The molecule has 0 bridgehead atoms. The molecule has 212 valence electrons. The molecule has 2 aliphatic rings. The molecular formula is C32H18F6O2S2. The Morgan fingerprint density at radius 3 is 1.33 bits per heavy atom. The molecule has 2 aromatic carbocycles. The van der Waals surface area contributed by atoms with Gasteiger partial charge in [-0.3, -0.25) is 0 Å². The molecule has 0 N–H and O–H groups in total. The molecule has 4 heterocycles. The Labute approximate surface area is 242 Å². The first kappa shape index (κ1) is 25.9. The Hall–Kier alpha value is -3.76. The number of para-hydroxylation sites is 2. The molecule has 0 saturated carbocycles. The molecule has 10 heteroatoms. The number of fused-ring (bicyclic) bond motifs is 8. The summed E-state index contributed by atoms with van der Waals surface area (Å²) in [4.78, 5) is 2.84. The van der Waals surface area contributed by atoms with Crippen molar-refractivity contribution < 1.29 is 35.2 Å². The predicted octanol–water partition coefficient (Wildman–Crippen LogP) is 10.4. The first-order valence-electron chi connectivity index (χ1n) is 13.0. The third-order valence-electron chi connectivity index (χ3n) is 8.26. The van der Waals surface area contributed by atoms with E-state index in [4.69, 9.17) is 8.83 Å². The highest BCUT2D eigenvalue weighted by Crippen LogP contribution is 2.70. The van der Waals surface area contributed by atoms with E-state index in [-0.39, 0.29) is 33.5 Å². The number of rotatable bonds is 2. The molecular weight excluding hydrogens is 594 g/mol. The average Bonchev–Trinajstić information content (AvgIpc) is 3.74. The van der Waals surface area contributed by atoms with Gasteiger partial charge < -0.3 is 8.83 Å². The lowest BCUT2D eigenvalue weighted by Crippen LogP contribution is -2.49. The zero-order valence-electron chi connectivity index (χ0n) is 21.8. The Bertz CT molecular complexity index is 1970. The van der Waals surface area contributed by atoms with Gasteiger partial charge in [0.25, 0.3) is 0 Å². The standard InChI is InChI=1S/C32H18F6O2S2/c1-15-11-13-21(41-15)29(22-14-12-16(2)42-22)27-23(17-7-3-5-9-19(17)39-27)25-26(31(35,36)32(37,38)30(25,33)34)24-18-8-4-6-10-20(18)40-28(24)29/h3-14H,1-2H3. The molecule has 0 aliphatic heterocycles. The van der Waals surface area contributed by atoms with Crippen LogP contribution in [0.1, 0.15) is 42.2 Å². The molecule has 0 fully saturated rings. The molecule has 4 aromatic heterocycles. The number of alkyl halides is 6. The van der Waals surface area contributed by atoms with Crippen LogP contribution in [0.15, 0.2) is 81.6 Å². The average molecular weight is 613 g/mol. The monoisotopic (exact) mass is 612 g/mol. The van der Waals surface area contributed by atoms with Crippen molar-refractivity contribution in [3.63, 3.8) is 0 Å². The molecule has 2 aliphatic carbocycles. The maximum atomic E-state index is 16.1. The molecule has 2 nitrogen and oxygen atoms in total. The van der Waals surface area contributed by atoms with Crippen LogP contribution in [0.3, 0.4) is 0 Å². The number of allylic oxidation sites excluding steroid dienone is 2.